The number of benzene rings is 1. The van der Waals surface area contributed by atoms with Crippen molar-refractivity contribution in [1.29, 1.82) is 0 Å². The SMILES string of the molecule is Cc1cc(NC(=O)C[NH2+]C[C@H]2CCCO2)c([N+](=O)[O-])cc1C. The Balaban J connectivity index is 1.92. The Labute approximate surface area is 129 Å². The normalized spacial score (nSPS) is 17.5. The van der Waals surface area contributed by atoms with Crippen LogP contribution in [-0.4, -0.2) is 36.6 Å². The number of nitrogens with two attached hydrogens (primary N) is 1. The zero-order valence-corrected chi connectivity index (χ0v) is 12.9. The number of rotatable bonds is 6. The van der Waals surface area contributed by atoms with Crippen LogP contribution in [0, 0.1) is 24.0 Å². The van der Waals surface area contributed by atoms with Crippen LogP contribution in [0.2, 0.25) is 0 Å². The van der Waals surface area contributed by atoms with E-state index >= 15 is 0 Å². The molecule has 1 saturated heterocycles. The standard InChI is InChI=1S/C15H21N3O4/c1-10-6-13(14(18(20)21)7-11(10)2)17-15(19)9-16-8-12-4-3-5-22-12/h6-7,12,16H,3-5,8-9H2,1-2H3,(H,17,19)/p+1/t12-/m1/s1. The lowest BCUT2D eigenvalue weighted by Gasteiger charge is -2.10. The van der Waals surface area contributed by atoms with Gasteiger partial charge in [0.25, 0.3) is 11.6 Å². The second-order valence-electron chi connectivity index (χ2n) is 5.62. The summed E-state index contributed by atoms with van der Waals surface area (Å²) in [6, 6.07) is 3.13. The van der Waals surface area contributed by atoms with Gasteiger partial charge in [0.15, 0.2) is 6.54 Å². The first-order chi connectivity index (χ1) is 10.5. The number of carbonyl (C=O) groups is 1. The zero-order valence-electron chi connectivity index (χ0n) is 12.9. The van der Waals surface area contributed by atoms with Gasteiger partial charge in [0.2, 0.25) is 0 Å². The van der Waals surface area contributed by atoms with E-state index in [0.29, 0.717) is 0 Å². The summed E-state index contributed by atoms with van der Waals surface area (Å²) in [7, 11) is 0. The number of nitro benzene ring substituents is 1. The molecular weight excluding hydrogens is 286 g/mol. The van der Waals surface area contributed by atoms with Crippen LogP contribution in [0.25, 0.3) is 0 Å². The van der Waals surface area contributed by atoms with Crippen LogP contribution < -0.4 is 10.6 Å². The highest BCUT2D eigenvalue weighted by Crippen LogP contribution is 2.27. The molecule has 1 aromatic rings. The Hall–Kier alpha value is -1.99. The molecule has 7 nitrogen and oxygen atoms in total. The molecule has 0 aliphatic carbocycles. The molecule has 3 N–H and O–H groups in total. The lowest BCUT2D eigenvalue weighted by molar-refractivity contribution is -0.649. The second-order valence-corrected chi connectivity index (χ2v) is 5.62. The highest BCUT2D eigenvalue weighted by Gasteiger charge is 2.20. The van der Waals surface area contributed by atoms with Gasteiger partial charge in [-0.1, -0.05) is 0 Å². The molecule has 1 amide bonds. The number of nitro groups is 1. The van der Waals surface area contributed by atoms with Crippen molar-refractivity contribution in [3.05, 3.63) is 33.4 Å². The largest absolute Gasteiger partial charge is 0.372 e. The Morgan fingerprint density at radius 3 is 2.82 bits per heavy atom. The van der Waals surface area contributed by atoms with Gasteiger partial charge < -0.3 is 15.4 Å². The van der Waals surface area contributed by atoms with Gasteiger partial charge in [-0.05, 0) is 43.9 Å². The number of aryl methyl sites for hydroxylation is 2. The van der Waals surface area contributed by atoms with Crippen LogP contribution in [0.3, 0.4) is 0 Å². The number of nitrogens with one attached hydrogen (secondary N) is 1. The van der Waals surface area contributed by atoms with Crippen LogP contribution in [0.5, 0.6) is 0 Å². The van der Waals surface area contributed by atoms with Crippen LogP contribution in [0.15, 0.2) is 12.1 Å². The molecule has 1 aliphatic rings. The van der Waals surface area contributed by atoms with Crippen molar-refractivity contribution in [2.45, 2.75) is 32.8 Å². The van der Waals surface area contributed by atoms with E-state index in [4.69, 9.17) is 4.74 Å². The van der Waals surface area contributed by atoms with Crippen LogP contribution in [-0.2, 0) is 9.53 Å². The fourth-order valence-corrected chi connectivity index (χ4v) is 2.48. The van der Waals surface area contributed by atoms with Crippen molar-refractivity contribution in [2.75, 3.05) is 25.0 Å². The van der Waals surface area contributed by atoms with Gasteiger partial charge in [-0.2, -0.15) is 0 Å². The quantitative estimate of drug-likeness (QED) is 0.602. The molecule has 1 heterocycles. The van der Waals surface area contributed by atoms with Crippen molar-refractivity contribution < 1.29 is 19.8 Å². The van der Waals surface area contributed by atoms with Gasteiger partial charge in [-0.15, -0.1) is 0 Å². The first-order valence-electron chi connectivity index (χ1n) is 7.46. The Bertz CT molecular complexity index is 568. The maximum Gasteiger partial charge on any atom is 0.293 e. The number of hydrogen-bond acceptors (Lipinski definition) is 4. The molecule has 1 fully saturated rings. The average molecular weight is 308 g/mol. The number of hydrogen-bond donors (Lipinski definition) is 2. The topological polar surface area (TPSA) is 98.1 Å². The van der Waals surface area contributed by atoms with Gasteiger partial charge in [0.1, 0.15) is 18.3 Å². The summed E-state index contributed by atoms with van der Waals surface area (Å²) in [5.41, 5.74) is 1.91. The molecule has 7 heteroatoms. The average Bonchev–Trinajstić information content (AvgIpc) is 2.95. The summed E-state index contributed by atoms with van der Waals surface area (Å²) < 4.78 is 5.48. The summed E-state index contributed by atoms with van der Waals surface area (Å²) in [5.74, 6) is -0.246. The molecule has 2 rings (SSSR count). The third-order valence-corrected chi connectivity index (χ3v) is 3.87. The summed E-state index contributed by atoms with van der Waals surface area (Å²) in [4.78, 5) is 22.6. The lowest BCUT2D eigenvalue weighted by Crippen LogP contribution is -2.88. The third-order valence-electron chi connectivity index (χ3n) is 3.87. The molecule has 0 radical (unpaired) electrons. The van der Waals surface area contributed by atoms with E-state index in [0.717, 1.165) is 37.1 Å². The Morgan fingerprint density at radius 2 is 2.18 bits per heavy atom. The zero-order chi connectivity index (χ0) is 16.1. The minimum absolute atomic E-state index is 0.0735. The van der Waals surface area contributed by atoms with Crippen molar-refractivity contribution >= 4 is 17.3 Å². The van der Waals surface area contributed by atoms with Gasteiger partial charge in [0.05, 0.1) is 4.92 Å². The van der Waals surface area contributed by atoms with E-state index in [1.165, 1.54) is 6.07 Å². The van der Waals surface area contributed by atoms with E-state index in [9.17, 15) is 14.9 Å². The molecule has 0 unspecified atom stereocenters. The molecule has 0 spiro atoms. The Morgan fingerprint density at radius 1 is 1.45 bits per heavy atom. The molecule has 0 aromatic heterocycles. The minimum atomic E-state index is -0.474. The molecule has 1 aromatic carbocycles. The van der Waals surface area contributed by atoms with E-state index in [-0.39, 0.29) is 29.9 Å². The Kier molecular flexibility index (Phi) is 5.46. The van der Waals surface area contributed by atoms with Crippen molar-refractivity contribution in [2.24, 2.45) is 0 Å². The molecule has 22 heavy (non-hydrogen) atoms. The molecule has 0 saturated carbocycles. The van der Waals surface area contributed by atoms with Crippen molar-refractivity contribution in [3.63, 3.8) is 0 Å². The predicted octanol–water partition coefficient (Wildman–Crippen LogP) is 0.893. The molecular formula is C15H22N3O4+. The second kappa shape index (κ2) is 7.33. The third kappa shape index (κ3) is 4.25. The van der Waals surface area contributed by atoms with Gasteiger partial charge >= 0.3 is 0 Å². The number of carbonyl (C=O) groups excluding carboxylic acids is 1. The van der Waals surface area contributed by atoms with E-state index in [1.807, 2.05) is 19.2 Å². The summed E-state index contributed by atoms with van der Waals surface area (Å²) >= 11 is 0. The molecule has 0 bridgehead atoms. The smallest absolute Gasteiger partial charge is 0.293 e. The first-order valence-corrected chi connectivity index (χ1v) is 7.46. The fourth-order valence-electron chi connectivity index (χ4n) is 2.48. The minimum Gasteiger partial charge on any atom is -0.372 e. The highest BCUT2D eigenvalue weighted by atomic mass is 16.6. The maximum absolute atomic E-state index is 12.0. The lowest BCUT2D eigenvalue weighted by atomic mass is 10.1. The number of quaternary nitrogens is 1. The number of ether oxygens (including phenoxy) is 1. The van der Waals surface area contributed by atoms with Crippen LogP contribution in [0.4, 0.5) is 11.4 Å². The molecule has 1 atom stereocenters. The van der Waals surface area contributed by atoms with Gasteiger partial charge in [0, 0.05) is 12.7 Å². The number of amides is 1. The fraction of sp³-hybridized carbons (Fsp3) is 0.533. The maximum atomic E-state index is 12.0. The van der Waals surface area contributed by atoms with Gasteiger partial charge in [-0.25, -0.2) is 0 Å². The first kappa shape index (κ1) is 16.4. The van der Waals surface area contributed by atoms with E-state index < -0.39 is 4.92 Å². The van der Waals surface area contributed by atoms with Crippen molar-refractivity contribution in [1.82, 2.24) is 0 Å². The molecule has 120 valence electrons. The van der Waals surface area contributed by atoms with Crippen LogP contribution in [0.1, 0.15) is 24.0 Å². The highest BCUT2D eigenvalue weighted by molar-refractivity contribution is 5.93. The van der Waals surface area contributed by atoms with Crippen LogP contribution >= 0.6 is 0 Å². The molecule has 1 aliphatic heterocycles. The number of anilines is 1. The van der Waals surface area contributed by atoms with E-state index in [2.05, 4.69) is 5.32 Å². The monoisotopic (exact) mass is 308 g/mol. The van der Waals surface area contributed by atoms with E-state index in [1.54, 1.807) is 6.07 Å². The predicted molar refractivity (Wildman–Crippen MR) is 81.8 cm³/mol. The summed E-state index contributed by atoms with van der Waals surface area (Å²) in [5, 5.41) is 15.6. The van der Waals surface area contributed by atoms with Gasteiger partial charge in [-0.3, -0.25) is 14.9 Å². The summed E-state index contributed by atoms with van der Waals surface area (Å²) in [6.07, 6.45) is 2.31. The number of nitrogens with zero attached hydrogens (tertiary/aromatic N) is 1. The summed E-state index contributed by atoms with van der Waals surface area (Å²) in [6.45, 7) is 5.42. The van der Waals surface area contributed by atoms with Crippen molar-refractivity contribution in [3.8, 4) is 0 Å².